The molecule has 0 aromatic heterocycles. The minimum atomic E-state index is -0.532. The van der Waals surface area contributed by atoms with Gasteiger partial charge in [-0.2, -0.15) is 0 Å². The molecule has 0 aromatic rings. The molecule has 3 fully saturated rings. The molecule has 0 saturated heterocycles. The maximum absolute atomic E-state index is 10.1. The van der Waals surface area contributed by atoms with Crippen molar-refractivity contribution in [3.05, 3.63) is 35.5 Å². The van der Waals surface area contributed by atoms with Crippen LogP contribution in [-0.2, 0) is 4.74 Å². The Hall–Kier alpha value is -0.860. The van der Waals surface area contributed by atoms with E-state index >= 15 is 0 Å². The van der Waals surface area contributed by atoms with Crippen LogP contribution in [0.3, 0.4) is 0 Å². The third-order valence-corrected chi connectivity index (χ3v) is 8.86. The van der Waals surface area contributed by atoms with Gasteiger partial charge < -0.3 is 9.84 Å². The Kier molecular flexibility index (Phi) is 8.43. The number of ether oxygens (including phenoxy) is 1. The predicted octanol–water partition coefficient (Wildman–Crippen LogP) is 8.56. The Morgan fingerprint density at radius 2 is 1.85 bits per heavy atom. The van der Waals surface area contributed by atoms with Crippen LogP contribution in [0.4, 0.5) is 0 Å². The van der Waals surface area contributed by atoms with Crippen LogP contribution in [0.2, 0.25) is 0 Å². The first-order valence-corrected chi connectivity index (χ1v) is 13.8. The van der Waals surface area contributed by atoms with Gasteiger partial charge in [-0.05, 0) is 121 Å². The molecule has 3 rings (SSSR count). The summed E-state index contributed by atoms with van der Waals surface area (Å²) < 4.78 is 6.31. The first kappa shape index (κ1) is 26.7. The second kappa shape index (κ2) is 10.4. The number of hydrogen-bond donors (Lipinski definition) is 1. The van der Waals surface area contributed by atoms with E-state index in [-0.39, 0.29) is 5.60 Å². The van der Waals surface area contributed by atoms with Crippen molar-refractivity contribution in [1.29, 1.82) is 0 Å². The number of hydrogen-bond acceptors (Lipinski definition) is 2. The summed E-state index contributed by atoms with van der Waals surface area (Å²) in [6.45, 7) is 19.8. The Bertz CT molecular complexity index is 744. The fourth-order valence-corrected chi connectivity index (χ4v) is 7.25. The Morgan fingerprint density at radius 1 is 1.12 bits per heavy atom. The third kappa shape index (κ3) is 7.07. The van der Waals surface area contributed by atoms with Gasteiger partial charge in [-0.15, -0.1) is 0 Å². The number of fused-ring (bicyclic) bond motifs is 1. The predicted molar refractivity (Wildman–Crippen MR) is 141 cm³/mol. The molecule has 2 nitrogen and oxygen atoms in total. The van der Waals surface area contributed by atoms with E-state index in [0.29, 0.717) is 11.5 Å². The smallest absolute Gasteiger partial charge is 0.0625 e. The van der Waals surface area contributed by atoms with Gasteiger partial charge in [-0.25, -0.2) is 0 Å². The maximum atomic E-state index is 10.1. The van der Waals surface area contributed by atoms with Gasteiger partial charge in [0.2, 0.25) is 0 Å². The Morgan fingerprint density at radius 3 is 2.52 bits per heavy atom. The first-order chi connectivity index (χ1) is 15.3. The molecule has 1 N–H and O–H groups in total. The topological polar surface area (TPSA) is 29.5 Å². The molecule has 0 aromatic carbocycles. The van der Waals surface area contributed by atoms with E-state index in [9.17, 15) is 5.11 Å². The summed E-state index contributed by atoms with van der Waals surface area (Å²) in [5.74, 6) is 2.30. The number of allylic oxidation sites excluding steroid dienone is 4. The molecule has 0 aliphatic heterocycles. The average molecular weight is 457 g/mol. The van der Waals surface area contributed by atoms with E-state index < -0.39 is 5.60 Å². The summed E-state index contributed by atoms with van der Waals surface area (Å²) in [4.78, 5) is 0. The van der Waals surface area contributed by atoms with Crippen molar-refractivity contribution in [3.63, 3.8) is 0 Å². The van der Waals surface area contributed by atoms with Crippen molar-refractivity contribution in [3.8, 4) is 0 Å². The molecular formula is C31H52O2. The second-order valence-corrected chi connectivity index (χ2v) is 13.4. The quantitative estimate of drug-likeness (QED) is 0.416. The van der Waals surface area contributed by atoms with Crippen molar-refractivity contribution in [2.45, 2.75) is 136 Å². The highest BCUT2D eigenvalue weighted by molar-refractivity contribution is 5.36. The fraction of sp³-hybridized carbons (Fsp3) is 0.806. The largest absolute Gasteiger partial charge is 0.390 e. The molecule has 3 saturated carbocycles. The lowest BCUT2D eigenvalue weighted by Gasteiger charge is -2.44. The van der Waals surface area contributed by atoms with Gasteiger partial charge in [0, 0.05) is 0 Å². The van der Waals surface area contributed by atoms with Crippen LogP contribution in [0.25, 0.3) is 0 Å². The van der Waals surface area contributed by atoms with Gasteiger partial charge in [-0.1, -0.05) is 56.6 Å². The van der Waals surface area contributed by atoms with Crippen LogP contribution in [0.1, 0.15) is 119 Å². The average Bonchev–Trinajstić information content (AvgIpc) is 3.03. The molecule has 2 heteroatoms. The lowest BCUT2D eigenvalue weighted by atomic mass is 9.60. The third-order valence-electron chi connectivity index (χ3n) is 8.86. The van der Waals surface area contributed by atoms with Crippen molar-refractivity contribution in [2.75, 3.05) is 0 Å². The van der Waals surface area contributed by atoms with Crippen LogP contribution in [-0.4, -0.2) is 22.4 Å². The molecule has 3 aliphatic rings. The minimum absolute atomic E-state index is 0.0828. The highest BCUT2D eigenvalue weighted by atomic mass is 16.5. The summed E-state index contributed by atoms with van der Waals surface area (Å²) in [6.07, 6.45) is 18.3. The van der Waals surface area contributed by atoms with Crippen LogP contribution < -0.4 is 0 Å². The molecular weight excluding hydrogens is 404 g/mol. The highest BCUT2D eigenvalue weighted by Gasteiger charge is 2.50. The van der Waals surface area contributed by atoms with E-state index in [1.54, 1.807) is 5.57 Å². The van der Waals surface area contributed by atoms with Crippen molar-refractivity contribution >= 4 is 0 Å². The lowest BCUT2D eigenvalue weighted by Crippen LogP contribution is -2.36. The summed E-state index contributed by atoms with van der Waals surface area (Å²) >= 11 is 0. The summed E-state index contributed by atoms with van der Waals surface area (Å²) in [5, 5.41) is 10.1. The zero-order valence-electron chi connectivity index (χ0n) is 22.8. The van der Waals surface area contributed by atoms with E-state index in [2.05, 4.69) is 53.3 Å². The van der Waals surface area contributed by atoms with Crippen LogP contribution >= 0.6 is 0 Å². The maximum Gasteiger partial charge on any atom is 0.0625 e. The molecule has 5 atom stereocenters. The summed E-state index contributed by atoms with van der Waals surface area (Å²) in [6, 6.07) is 0. The van der Waals surface area contributed by atoms with Gasteiger partial charge in [-0.3, -0.25) is 0 Å². The number of aliphatic hydroxyl groups is 1. The zero-order valence-corrected chi connectivity index (χ0v) is 22.8. The summed E-state index contributed by atoms with van der Waals surface area (Å²) in [7, 11) is 0. The van der Waals surface area contributed by atoms with E-state index in [1.807, 2.05) is 13.8 Å². The SMILES string of the molecule is C=C1CC[C@H](OC(C)(C)C)C/C1=C/C=C1\CCC[C@]2(C)C([C@H](C)CCCC(C)(C)O)CC[C@@H]12. The fourth-order valence-electron chi connectivity index (χ4n) is 7.25. The Balaban J connectivity index is 1.68. The standard InChI is InChI=1S/C31H52O2/c1-22-13-16-26(33-29(3,4)5)21-25(22)15-14-24-12-10-20-31(8)27(17-18-28(24)31)23(2)11-9-19-30(6,7)32/h14-15,23,26-28,32H,1,9-13,16-21H2,2-8H3/b24-14+,25-15-/t23-,26+,27?,28+,31-/m1/s1. The lowest BCUT2D eigenvalue weighted by molar-refractivity contribution is -0.0643. The van der Waals surface area contributed by atoms with Crippen LogP contribution in [0, 0.1) is 23.2 Å². The second-order valence-electron chi connectivity index (χ2n) is 13.4. The Labute approximate surface area is 205 Å². The monoisotopic (exact) mass is 456 g/mol. The normalized spacial score (nSPS) is 34.7. The molecule has 0 bridgehead atoms. The van der Waals surface area contributed by atoms with Crippen LogP contribution in [0.5, 0.6) is 0 Å². The molecule has 0 radical (unpaired) electrons. The van der Waals surface area contributed by atoms with Gasteiger partial charge in [0.1, 0.15) is 0 Å². The van der Waals surface area contributed by atoms with Gasteiger partial charge >= 0.3 is 0 Å². The van der Waals surface area contributed by atoms with Crippen molar-refractivity contribution < 1.29 is 9.84 Å². The van der Waals surface area contributed by atoms with Crippen molar-refractivity contribution in [2.24, 2.45) is 23.2 Å². The molecule has 3 aliphatic carbocycles. The van der Waals surface area contributed by atoms with E-state index in [1.165, 1.54) is 49.7 Å². The molecule has 0 spiro atoms. The summed E-state index contributed by atoms with van der Waals surface area (Å²) in [5.41, 5.74) is 4.23. The van der Waals surface area contributed by atoms with E-state index in [4.69, 9.17) is 4.74 Å². The molecule has 33 heavy (non-hydrogen) atoms. The highest BCUT2D eigenvalue weighted by Crippen LogP contribution is 2.60. The first-order valence-electron chi connectivity index (χ1n) is 13.8. The van der Waals surface area contributed by atoms with Gasteiger partial charge in [0.05, 0.1) is 17.3 Å². The van der Waals surface area contributed by atoms with Crippen LogP contribution in [0.15, 0.2) is 35.5 Å². The molecule has 188 valence electrons. The van der Waals surface area contributed by atoms with Crippen molar-refractivity contribution in [1.82, 2.24) is 0 Å². The number of rotatable bonds is 7. The molecule has 0 heterocycles. The zero-order chi connectivity index (χ0) is 24.4. The van der Waals surface area contributed by atoms with Gasteiger partial charge in [0.25, 0.3) is 0 Å². The van der Waals surface area contributed by atoms with E-state index in [0.717, 1.165) is 49.9 Å². The molecule has 0 amide bonds. The minimum Gasteiger partial charge on any atom is -0.390 e. The van der Waals surface area contributed by atoms with Gasteiger partial charge in [0.15, 0.2) is 0 Å². The molecule has 1 unspecified atom stereocenters.